The van der Waals surface area contributed by atoms with Gasteiger partial charge >= 0.3 is 17.9 Å². The lowest BCUT2D eigenvalue weighted by Gasteiger charge is -2.18. The van der Waals surface area contributed by atoms with E-state index in [0.717, 1.165) is 116 Å². The van der Waals surface area contributed by atoms with Crippen LogP contribution in [0, 0.1) is 0 Å². The Morgan fingerprint density at radius 3 is 0.986 bits per heavy atom. The van der Waals surface area contributed by atoms with Crippen LogP contribution >= 0.6 is 0 Å². The summed E-state index contributed by atoms with van der Waals surface area (Å²) in [6, 6.07) is 0. The van der Waals surface area contributed by atoms with Gasteiger partial charge in [-0.05, 0) is 116 Å². The van der Waals surface area contributed by atoms with Gasteiger partial charge in [-0.2, -0.15) is 0 Å². The number of hydrogen-bond acceptors (Lipinski definition) is 6. The number of carbonyl (C=O) groups excluding carboxylic acids is 3. The monoisotopic (exact) mass is 981 g/mol. The molecule has 0 saturated carbocycles. The second kappa shape index (κ2) is 58.1. The van der Waals surface area contributed by atoms with E-state index in [4.69, 9.17) is 14.2 Å². The minimum absolute atomic E-state index is 0.118. The first-order chi connectivity index (χ1) is 35.0. The number of hydrogen-bond donors (Lipinski definition) is 0. The molecule has 6 nitrogen and oxygen atoms in total. The molecule has 0 heterocycles. The van der Waals surface area contributed by atoms with E-state index in [1.807, 2.05) is 6.08 Å². The standard InChI is InChI=1S/C65H104O6/c1-4-7-10-13-16-19-22-25-28-30-32-34-37-40-43-46-49-52-55-58-64(67)70-61-62(60-69-63(66)57-54-51-48-45-42-39-36-27-24-21-18-15-12-9-6-3)71-65(68)59-56-53-50-47-44-41-38-35-33-31-29-26-23-20-17-14-11-8-5-2/h7,9-10,12,16-21,25-29,32,34,36,42,45,51,54,62H,4-6,8,11,13-15,22-24,30-31,33,35,37-41,43-44,46-50,52-53,55-61H2,1-3H3/b10-7-,12-9-,19-16-,20-17-,21-18-,28-25-,29-26-,34-32-,36-27-,45-42-,54-51-. The summed E-state index contributed by atoms with van der Waals surface area (Å²) in [7, 11) is 0. The Hall–Kier alpha value is -4.45. The molecule has 0 aliphatic rings. The lowest BCUT2D eigenvalue weighted by molar-refractivity contribution is -0.166. The normalized spacial score (nSPS) is 13.1. The number of esters is 3. The highest BCUT2D eigenvalue weighted by molar-refractivity contribution is 5.72. The average molecular weight is 982 g/mol. The van der Waals surface area contributed by atoms with E-state index in [2.05, 4.69) is 142 Å². The topological polar surface area (TPSA) is 78.9 Å². The molecule has 0 bridgehead atoms. The van der Waals surface area contributed by atoms with E-state index in [1.165, 1.54) is 83.5 Å². The Morgan fingerprint density at radius 2 is 0.606 bits per heavy atom. The van der Waals surface area contributed by atoms with Gasteiger partial charge in [0, 0.05) is 12.8 Å². The van der Waals surface area contributed by atoms with E-state index in [9.17, 15) is 14.4 Å². The first kappa shape index (κ1) is 66.6. The molecule has 0 N–H and O–H groups in total. The number of unbranched alkanes of at least 4 members (excludes halogenated alkanes) is 18. The van der Waals surface area contributed by atoms with Crippen molar-refractivity contribution in [2.75, 3.05) is 13.2 Å². The van der Waals surface area contributed by atoms with Gasteiger partial charge in [-0.1, -0.05) is 238 Å². The molecule has 71 heavy (non-hydrogen) atoms. The molecule has 1 atom stereocenters. The Kier molecular flexibility index (Phi) is 54.5. The van der Waals surface area contributed by atoms with E-state index >= 15 is 0 Å². The van der Waals surface area contributed by atoms with Crippen LogP contribution in [0.2, 0.25) is 0 Å². The minimum atomic E-state index is -0.832. The maximum Gasteiger partial charge on any atom is 0.309 e. The van der Waals surface area contributed by atoms with Gasteiger partial charge < -0.3 is 14.2 Å². The fourth-order valence-corrected chi connectivity index (χ4v) is 7.42. The molecule has 0 aromatic rings. The zero-order chi connectivity index (χ0) is 51.4. The van der Waals surface area contributed by atoms with Crippen molar-refractivity contribution < 1.29 is 28.6 Å². The van der Waals surface area contributed by atoms with Crippen molar-refractivity contribution in [2.24, 2.45) is 0 Å². The molecule has 0 spiro atoms. The third-order valence-corrected chi connectivity index (χ3v) is 11.7. The van der Waals surface area contributed by atoms with Gasteiger partial charge in [-0.15, -0.1) is 0 Å². The van der Waals surface area contributed by atoms with Gasteiger partial charge in [0.2, 0.25) is 0 Å². The van der Waals surface area contributed by atoms with Crippen molar-refractivity contribution in [1.82, 2.24) is 0 Å². The summed E-state index contributed by atoms with van der Waals surface area (Å²) in [5.41, 5.74) is 0. The van der Waals surface area contributed by atoms with Crippen LogP contribution in [0.1, 0.15) is 239 Å². The molecule has 1 unspecified atom stereocenters. The van der Waals surface area contributed by atoms with Gasteiger partial charge in [0.25, 0.3) is 0 Å². The fourth-order valence-electron chi connectivity index (χ4n) is 7.42. The van der Waals surface area contributed by atoms with Crippen LogP contribution in [0.15, 0.2) is 134 Å². The van der Waals surface area contributed by atoms with Crippen LogP contribution in [0.25, 0.3) is 0 Å². The molecular weight excluding hydrogens is 877 g/mol. The maximum atomic E-state index is 12.9. The van der Waals surface area contributed by atoms with Crippen molar-refractivity contribution in [3.8, 4) is 0 Å². The summed E-state index contributed by atoms with van der Waals surface area (Å²) in [5.74, 6) is -1.08. The van der Waals surface area contributed by atoms with E-state index in [1.54, 1.807) is 6.08 Å². The molecule has 0 aromatic heterocycles. The second-order valence-corrected chi connectivity index (χ2v) is 18.4. The SMILES string of the molecule is CC/C=C\C/C=C\C/C=C\C/C=C\C/C=C\CC(=O)OCC(COC(=O)CCCCCCCC/C=C\C/C=C\C/C=C\C/C=C\CC)OC(=O)CCCCCCCCCCC/C=C\C/C=C\CCCCC. The van der Waals surface area contributed by atoms with Crippen molar-refractivity contribution >= 4 is 17.9 Å². The average Bonchev–Trinajstić information content (AvgIpc) is 3.37. The van der Waals surface area contributed by atoms with Crippen LogP contribution in [0.4, 0.5) is 0 Å². The van der Waals surface area contributed by atoms with E-state index in [0.29, 0.717) is 12.8 Å². The third kappa shape index (κ3) is 56.3. The van der Waals surface area contributed by atoms with E-state index in [-0.39, 0.29) is 31.6 Å². The zero-order valence-electron chi connectivity index (χ0n) is 45.7. The van der Waals surface area contributed by atoms with Crippen molar-refractivity contribution in [3.05, 3.63) is 134 Å². The number of carbonyl (C=O) groups is 3. The molecule has 0 saturated heterocycles. The van der Waals surface area contributed by atoms with Crippen LogP contribution in [0.5, 0.6) is 0 Å². The summed E-state index contributed by atoms with van der Waals surface area (Å²) in [6.07, 6.45) is 81.8. The van der Waals surface area contributed by atoms with Crippen molar-refractivity contribution in [3.63, 3.8) is 0 Å². The van der Waals surface area contributed by atoms with Crippen molar-refractivity contribution in [2.45, 2.75) is 245 Å². The highest BCUT2D eigenvalue weighted by Crippen LogP contribution is 2.14. The summed E-state index contributed by atoms with van der Waals surface area (Å²) in [6.45, 7) is 6.28. The summed E-state index contributed by atoms with van der Waals surface area (Å²) < 4.78 is 16.8. The molecule has 400 valence electrons. The Morgan fingerprint density at radius 1 is 0.310 bits per heavy atom. The molecule has 0 rings (SSSR count). The minimum Gasteiger partial charge on any atom is -0.462 e. The Labute approximate surface area is 436 Å². The zero-order valence-corrected chi connectivity index (χ0v) is 45.7. The van der Waals surface area contributed by atoms with Gasteiger partial charge in [0.05, 0.1) is 6.42 Å². The predicted octanol–water partition coefficient (Wildman–Crippen LogP) is 19.4. The molecule has 0 radical (unpaired) electrons. The van der Waals surface area contributed by atoms with Gasteiger partial charge in [-0.25, -0.2) is 0 Å². The summed E-state index contributed by atoms with van der Waals surface area (Å²) in [5, 5.41) is 0. The van der Waals surface area contributed by atoms with Crippen LogP contribution in [-0.2, 0) is 28.6 Å². The van der Waals surface area contributed by atoms with Crippen LogP contribution in [0.3, 0.4) is 0 Å². The molecule has 0 amide bonds. The highest BCUT2D eigenvalue weighted by atomic mass is 16.6. The Bertz CT molecular complexity index is 1550. The molecule has 0 aliphatic carbocycles. The predicted molar refractivity (Wildman–Crippen MR) is 306 cm³/mol. The lowest BCUT2D eigenvalue weighted by Crippen LogP contribution is -2.30. The highest BCUT2D eigenvalue weighted by Gasteiger charge is 2.19. The summed E-state index contributed by atoms with van der Waals surface area (Å²) >= 11 is 0. The number of ether oxygens (including phenoxy) is 3. The van der Waals surface area contributed by atoms with Crippen LogP contribution in [-0.4, -0.2) is 37.2 Å². The molecule has 0 aliphatic heterocycles. The van der Waals surface area contributed by atoms with E-state index < -0.39 is 12.1 Å². The third-order valence-electron chi connectivity index (χ3n) is 11.7. The van der Waals surface area contributed by atoms with Gasteiger partial charge in [0.1, 0.15) is 13.2 Å². The van der Waals surface area contributed by atoms with Crippen molar-refractivity contribution in [1.29, 1.82) is 0 Å². The molecule has 0 fully saturated rings. The second-order valence-electron chi connectivity index (χ2n) is 18.4. The smallest absolute Gasteiger partial charge is 0.309 e. The van der Waals surface area contributed by atoms with Gasteiger partial charge in [0.15, 0.2) is 6.10 Å². The summed E-state index contributed by atoms with van der Waals surface area (Å²) in [4.78, 5) is 38.1. The maximum absolute atomic E-state index is 12.9. The molecule has 0 aromatic carbocycles. The largest absolute Gasteiger partial charge is 0.462 e. The quantitative estimate of drug-likeness (QED) is 0.0262. The number of allylic oxidation sites excluding steroid dienone is 21. The Balaban J connectivity index is 4.53. The van der Waals surface area contributed by atoms with Crippen LogP contribution < -0.4 is 0 Å². The first-order valence-electron chi connectivity index (χ1n) is 28.7. The first-order valence-corrected chi connectivity index (χ1v) is 28.7. The van der Waals surface area contributed by atoms with Gasteiger partial charge in [-0.3, -0.25) is 14.4 Å². The molecular formula is C65H104O6. The molecule has 6 heteroatoms. The fraction of sp³-hybridized carbons (Fsp3) is 0.615. The lowest BCUT2D eigenvalue weighted by atomic mass is 10.1. The number of rotatable bonds is 50.